The summed E-state index contributed by atoms with van der Waals surface area (Å²) in [7, 11) is 0. The summed E-state index contributed by atoms with van der Waals surface area (Å²) in [6, 6.07) is 0. The van der Waals surface area contributed by atoms with Gasteiger partial charge < -0.3 is 2.85 Å². The molecule has 0 fully saturated rings. The van der Waals surface area contributed by atoms with Crippen molar-refractivity contribution in [3.8, 4) is 0 Å². The molecular formula is H2CoLi2Ni. The molecule has 0 rings (SSSR count). The molecule has 0 aromatic rings. The van der Waals surface area contributed by atoms with Crippen LogP contribution in [0.15, 0.2) is 0 Å². The molecule has 23 valence electrons. The van der Waals surface area contributed by atoms with E-state index in [-0.39, 0.29) is 73.8 Å². The van der Waals surface area contributed by atoms with Crippen molar-refractivity contribution in [3.05, 3.63) is 0 Å². The van der Waals surface area contributed by atoms with Gasteiger partial charge in [-0.25, -0.2) is 0 Å². The zero-order valence-corrected chi connectivity index (χ0v) is 4.68. The van der Waals surface area contributed by atoms with Gasteiger partial charge in [-0.05, 0) is 0 Å². The normalized spacial score (nSPS) is 0. The van der Waals surface area contributed by atoms with Crippen LogP contribution < -0.4 is 37.7 Å². The summed E-state index contributed by atoms with van der Waals surface area (Å²) in [5.74, 6) is 0. The van der Waals surface area contributed by atoms with Crippen molar-refractivity contribution in [3.63, 3.8) is 0 Å². The van der Waals surface area contributed by atoms with Gasteiger partial charge in [0.1, 0.15) is 0 Å². The van der Waals surface area contributed by atoms with Gasteiger partial charge in [-0.2, -0.15) is 0 Å². The van der Waals surface area contributed by atoms with Crippen LogP contribution in [0, 0.1) is 0 Å². The molecule has 0 spiro atoms. The maximum Gasteiger partial charge on any atom is 1.00 e. The summed E-state index contributed by atoms with van der Waals surface area (Å²) in [6.45, 7) is 0. The number of rotatable bonds is 0. The van der Waals surface area contributed by atoms with Crippen molar-refractivity contribution in [1.29, 1.82) is 0 Å². The van der Waals surface area contributed by atoms with E-state index < -0.39 is 0 Å². The molecule has 0 nitrogen and oxygen atoms in total. The zero-order chi connectivity index (χ0) is 0. The van der Waals surface area contributed by atoms with Crippen molar-refractivity contribution in [2.75, 3.05) is 0 Å². The Balaban J connectivity index is 0. The first kappa shape index (κ1) is 34.7. The van der Waals surface area contributed by atoms with Crippen LogP contribution in [-0.2, 0) is 33.3 Å². The second kappa shape index (κ2) is 19.0. The van der Waals surface area contributed by atoms with E-state index in [0.717, 1.165) is 0 Å². The average Bonchev–Trinajstić information content (AvgIpc) is 0. The Labute approximate surface area is 73.3 Å². The topological polar surface area (TPSA) is 0 Å². The summed E-state index contributed by atoms with van der Waals surface area (Å²) in [5, 5.41) is 0. The summed E-state index contributed by atoms with van der Waals surface area (Å²) in [4.78, 5) is 0. The zero-order valence-electron chi connectivity index (χ0n) is 4.65. The van der Waals surface area contributed by atoms with Crippen LogP contribution in [0.1, 0.15) is 2.85 Å². The van der Waals surface area contributed by atoms with Crippen LogP contribution in [-0.4, -0.2) is 0 Å². The molecule has 0 aliphatic heterocycles. The Morgan fingerprint density at radius 2 is 1.00 bits per heavy atom. The summed E-state index contributed by atoms with van der Waals surface area (Å²) in [6.07, 6.45) is 0. The van der Waals surface area contributed by atoms with E-state index in [1.165, 1.54) is 0 Å². The van der Waals surface area contributed by atoms with Crippen molar-refractivity contribution in [1.82, 2.24) is 0 Å². The fourth-order valence-electron chi connectivity index (χ4n) is 0. The average molecular weight is 134 g/mol. The van der Waals surface area contributed by atoms with Crippen molar-refractivity contribution in [2.45, 2.75) is 0 Å². The molecule has 0 saturated heterocycles. The molecule has 4 heteroatoms. The van der Waals surface area contributed by atoms with Crippen LogP contribution in [0.3, 0.4) is 0 Å². The molecule has 0 aromatic heterocycles. The molecule has 0 amide bonds. The Kier molecular flexibility index (Phi) is 165. The quantitative estimate of drug-likeness (QED) is 0.289. The van der Waals surface area contributed by atoms with Crippen LogP contribution in [0.4, 0.5) is 0 Å². The Hall–Kier alpha value is 2.19. The SMILES string of the molecule is [Co].[H-].[H-].[Li+].[Li+].[Ni]. The van der Waals surface area contributed by atoms with E-state index in [4.69, 9.17) is 0 Å². The Morgan fingerprint density at radius 1 is 1.00 bits per heavy atom. The van der Waals surface area contributed by atoms with Gasteiger partial charge in [0.25, 0.3) is 0 Å². The standard InChI is InChI=1S/Co.2Li.Ni.2H/q;2*+1;;2*-1. The molecule has 0 aliphatic carbocycles. The van der Waals surface area contributed by atoms with Gasteiger partial charge in [0, 0.05) is 33.3 Å². The molecule has 0 unspecified atom stereocenters. The molecule has 0 atom stereocenters. The van der Waals surface area contributed by atoms with E-state index in [1.54, 1.807) is 0 Å². The third-order valence-electron chi connectivity index (χ3n) is 0. The molecular weight excluding hydrogens is 132 g/mol. The van der Waals surface area contributed by atoms with Gasteiger partial charge in [-0.15, -0.1) is 0 Å². The van der Waals surface area contributed by atoms with Gasteiger partial charge in [-0.3, -0.25) is 0 Å². The minimum atomic E-state index is 0. The molecule has 0 saturated carbocycles. The van der Waals surface area contributed by atoms with E-state index >= 15 is 0 Å². The molecule has 0 heterocycles. The third kappa shape index (κ3) is 8.89. The van der Waals surface area contributed by atoms with E-state index in [2.05, 4.69) is 0 Å². The van der Waals surface area contributed by atoms with Gasteiger partial charge in [0.05, 0.1) is 0 Å². The van der Waals surface area contributed by atoms with Gasteiger partial charge >= 0.3 is 37.7 Å². The first-order chi connectivity index (χ1) is 0. The monoisotopic (exact) mass is 133 g/mol. The number of hydrogen-bond donors (Lipinski definition) is 0. The van der Waals surface area contributed by atoms with Crippen molar-refractivity contribution >= 4 is 0 Å². The second-order valence-corrected chi connectivity index (χ2v) is 0. The van der Waals surface area contributed by atoms with Gasteiger partial charge in [0.15, 0.2) is 0 Å². The third-order valence-corrected chi connectivity index (χ3v) is 0. The molecule has 0 N–H and O–H groups in total. The molecule has 4 heavy (non-hydrogen) atoms. The van der Waals surface area contributed by atoms with Crippen LogP contribution in [0.5, 0.6) is 0 Å². The Morgan fingerprint density at radius 3 is 1.00 bits per heavy atom. The van der Waals surface area contributed by atoms with Crippen LogP contribution >= 0.6 is 0 Å². The predicted octanol–water partition coefficient (Wildman–Crippen LogP) is -5.77. The summed E-state index contributed by atoms with van der Waals surface area (Å²) >= 11 is 0. The van der Waals surface area contributed by atoms with Crippen molar-refractivity contribution < 1.29 is 73.8 Å². The van der Waals surface area contributed by atoms with E-state index in [9.17, 15) is 0 Å². The van der Waals surface area contributed by atoms with Gasteiger partial charge in [0.2, 0.25) is 0 Å². The predicted molar refractivity (Wildman–Crippen MR) is 2.22 cm³/mol. The van der Waals surface area contributed by atoms with Crippen molar-refractivity contribution in [2.24, 2.45) is 0 Å². The fourth-order valence-corrected chi connectivity index (χ4v) is 0. The maximum absolute atomic E-state index is 0. The summed E-state index contributed by atoms with van der Waals surface area (Å²) in [5.41, 5.74) is 0. The molecule has 1 radical (unpaired) electrons. The van der Waals surface area contributed by atoms with E-state index in [1.807, 2.05) is 0 Å². The first-order valence-electron chi connectivity index (χ1n) is 0. The van der Waals surface area contributed by atoms with Crippen LogP contribution in [0.25, 0.3) is 0 Å². The second-order valence-electron chi connectivity index (χ2n) is 0. The molecule has 0 bridgehead atoms. The maximum atomic E-state index is 0. The number of hydrogen-bond acceptors (Lipinski definition) is 0. The largest absolute Gasteiger partial charge is 1.00 e. The minimum absolute atomic E-state index is 0. The molecule has 0 aliphatic rings. The van der Waals surface area contributed by atoms with Crippen LogP contribution in [0.2, 0.25) is 0 Å². The first-order valence-corrected chi connectivity index (χ1v) is 0. The van der Waals surface area contributed by atoms with Gasteiger partial charge in [-0.1, -0.05) is 0 Å². The molecule has 0 aromatic carbocycles. The Bertz CT molecular complexity index is 11.5. The minimum Gasteiger partial charge on any atom is -1.00 e. The smallest absolute Gasteiger partial charge is 1.00 e. The fraction of sp³-hybridized carbons (Fsp3) is 0. The van der Waals surface area contributed by atoms with E-state index in [0.29, 0.717) is 0 Å². The summed E-state index contributed by atoms with van der Waals surface area (Å²) < 4.78 is 0.